The van der Waals surface area contributed by atoms with Gasteiger partial charge in [-0.25, -0.2) is 4.99 Å². The van der Waals surface area contributed by atoms with Gasteiger partial charge in [-0.1, -0.05) is 11.6 Å². The summed E-state index contributed by atoms with van der Waals surface area (Å²) >= 11 is 5.86. The van der Waals surface area contributed by atoms with Crippen LogP contribution >= 0.6 is 11.6 Å². The zero-order valence-electron chi connectivity index (χ0n) is 8.31. The van der Waals surface area contributed by atoms with E-state index in [-0.39, 0.29) is 28.3 Å². The van der Waals surface area contributed by atoms with E-state index in [4.69, 9.17) is 22.1 Å². The minimum absolute atomic E-state index is 0.140. The lowest BCUT2D eigenvalue weighted by molar-refractivity contribution is -0.384. The molecule has 7 heteroatoms. The van der Waals surface area contributed by atoms with E-state index in [1.165, 1.54) is 12.1 Å². The van der Waals surface area contributed by atoms with Crippen molar-refractivity contribution in [2.45, 2.75) is 13.0 Å². The standard InChI is InChI=1S/C9H8ClN3O3/c1-4-9(11)12-7-3-5(13(14)15)2-6(10)8(7)16-4/h2-4H,1H3,(H2,11,12). The van der Waals surface area contributed by atoms with Gasteiger partial charge in [-0.05, 0) is 6.92 Å². The summed E-state index contributed by atoms with van der Waals surface area (Å²) in [6, 6.07) is 2.50. The van der Waals surface area contributed by atoms with Gasteiger partial charge in [-0.2, -0.15) is 0 Å². The second-order valence-electron chi connectivity index (χ2n) is 3.33. The Morgan fingerprint density at radius 2 is 2.31 bits per heavy atom. The summed E-state index contributed by atoms with van der Waals surface area (Å²) in [4.78, 5) is 14.1. The van der Waals surface area contributed by atoms with Crippen LogP contribution in [0.3, 0.4) is 0 Å². The molecule has 16 heavy (non-hydrogen) atoms. The van der Waals surface area contributed by atoms with E-state index in [2.05, 4.69) is 4.99 Å². The molecule has 1 aliphatic heterocycles. The fourth-order valence-electron chi connectivity index (χ4n) is 1.34. The molecule has 0 bridgehead atoms. The Morgan fingerprint density at radius 3 is 2.94 bits per heavy atom. The maximum Gasteiger partial charge on any atom is 0.273 e. The van der Waals surface area contributed by atoms with Crippen LogP contribution in [0.4, 0.5) is 11.4 Å². The first kappa shape index (κ1) is 10.7. The van der Waals surface area contributed by atoms with Gasteiger partial charge in [0.1, 0.15) is 11.5 Å². The van der Waals surface area contributed by atoms with E-state index in [1.807, 2.05) is 0 Å². The predicted octanol–water partition coefficient (Wildman–Crippen LogP) is 2.02. The van der Waals surface area contributed by atoms with Crippen LogP contribution in [0.15, 0.2) is 17.1 Å². The summed E-state index contributed by atoms with van der Waals surface area (Å²) in [6.45, 7) is 1.72. The summed E-state index contributed by atoms with van der Waals surface area (Å²) in [5.41, 5.74) is 5.73. The van der Waals surface area contributed by atoms with Crippen LogP contribution in [0.2, 0.25) is 5.02 Å². The van der Waals surface area contributed by atoms with Gasteiger partial charge in [-0.15, -0.1) is 0 Å². The number of hydrogen-bond donors (Lipinski definition) is 1. The predicted molar refractivity (Wildman–Crippen MR) is 59.5 cm³/mol. The largest absolute Gasteiger partial charge is 0.479 e. The summed E-state index contributed by atoms with van der Waals surface area (Å²) < 4.78 is 5.40. The van der Waals surface area contributed by atoms with Crippen molar-refractivity contribution in [2.24, 2.45) is 10.7 Å². The van der Waals surface area contributed by atoms with Crippen molar-refractivity contribution < 1.29 is 9.66 Å². The van der Waals surface area contributed by atoms with E-state index >= 15 is 0 Å². The number of nitro groups is 1. The van der Waals surface area contributed by atoms with E-state index in [0.717, 1.165) is 0 Å². The summed E-state index contributed by atoms with van der Waals surface area (Å²) in [5, 5.41) is 10.8. The fraction of sp³-hybridized carbons (Fsp3) is 0.222. The van der Waals surface area contributed by atoms with Crippen LogP contribution in [0.5, 0.6) is 5.75 Å². The number of ether oxygens (including phenoxy) is 1. The number of amidine groups is 1. The smallest absolute Gasteiger partial charge is 0.273 e. The van der Waals surface area contributed by atoms with Crippen LogP contribution in [0.25, 0.3) is 0 Å². The van der Waals surface area contributed by atoms with Crippen molar-refractivity contribution in [1.82, 2.24) is 0 Å². The topological polar surface area (TPSA) is 90.8 Å². The Balaban J connectivity index is 2.59. The molecule has 2 rings (SSSR count). The second kappa shape index (κ2) is 3.64. The third-order valence-corrected chi connectivity index (χ3v) is 2.46. The molecule has 1 heterocycles. The molecular formula is C9H8ClN3O3. The molecule has 1 aromatic rings. The lowest BCUT2D eigenvalue weighted by atomic mass is 10.2. The summed E-state index contributed by atoms with van der Waals surface area (Å²) in [5.74, 6) is 0.595. The molecular weight excluding hydrogens is 234 g/mol. The van der Waals surface area contributed by atoms with Crippen molar-refractivity contribution in [1.29, 1.82) is 0 Å². The van der Waals surface area contributed by atoms with Crippen LogP contribution < -0.4 is 10.5 Å². The number of non-ortho nitro benzene ring substituents is 1. The Morgan fingerprint density at radius 1 is 1.62 bits per heavy atom. The van der Waals surface area contributed by atoms with Crippen molar-refractivity contribution >= 4 is 28.8 Å². The molecule has 0 amide bonds. The number of rotatable bonds is 1. The number of hydrogen-bond acceptors (Lipinski definition) is 5. The molecule has 2 N–H and O–H groups in total. The van der Waals surface area contributed by atoms with E-state index in [9.17, 15) is 10.1 Å². The third-order valence-electron chi connectivity index (χ3n) is 2.18. The summed E-state index contributed by atoms with van der Waals surface area (Å²) in [6.07, 6.45) is -0.383. The van der Waals surface area contributed by atoms with Gasteiger partial charge in [0.15, 0.2) is 11.9 Å². The zero-order chi connectivity index (χ0) is 11.9. The first-order chi connectivity index (χ1) is 7.49. The lowest BCUT2D eigenvalue weighted by Gasteiger charge is -2.21. The van der Waals surface area contributed by atoms with Gasteiger partial charge >= 0.3 is 0 Å². The van der Waals surface area contributed by atoms with Crippen molar-refractivity contribution in [3.63, 3.8) is 0 Å². The molecule has 6 nitrogen and oxygen atoms in total. The quantitative estimate of drug-likeness (QED) is 0.601. The maximum atomic E-state index is 10.6. The molecule has 84 valence electrons. The number of halogens is 1. The van der Waals surface area contributed by atoms with Gasteiger partial charge in [0.2, 0.25) is 0 Å². The maximum absolute atomic E-state index is 10.6. The van der Waals surface area contributed by atoms with Crippen molar-refractivity contribution in [2.75, 3.05) is 0 Å². The molecule has 0 fully saturated rings. The highest BCUT2D eigenvalue weighted by Crippen LogP contribution is 2.41. The first-order valence-electron chi connectivity index (χ1n) is 4.47. The van der Waals surface area contributed by atoms with Gasteiger partial charge < -0.3 is 10.5 Å². The van der Waals surface area contributed by atoms with Gasteiger partial charge in [0.05, 0.1) is 9.95 Å². The van der Waals surface area contributed by atoms with Crippen LogP contribution in [-0.4, -0.2) is 16.9 Å². The van der Waals surface area contributed by atoms with E-state index < -0.39 is 4.92 Å². The highest BCUT2D eigenvalue weighted by atomic mass is 35.5. The molecule has 1 unspecified atom stereocenters. The minimum Gasteiger partial charge on any atom is -0.479 e. The Hall–Kier alpha value is -1.82. The third kappa shape index (κ3) is 1.67. The molecule has 0 aliphatic carbocycles. The van der Waals surface area contributed by atoms with E-state index in [0.29, 0.717) is 5.75 Å². The Bertz CT molecular complexity index is 501. The summed E-state index contributed by atoms with van der Waals surface area (Å²) in [7, 11) is 0. The molecule has 0 radical (unpaired) electrons. The average Bonchev–Trinajstić information content (AvgIpc) is 2.20. The minimum atomic E-state index is -0.546. The molecule has 1 aromatic carbocycles. The molecule has 1 atom stereocenters. The van der Waals surface area contributed by atoms with E-state index in [1.54, 1.807) is 6.92 Å². The van der Waals surface area contributed by atoms with Crippen LogP contribution in [0, 0.1) is 10.1 Å². The molecule has 0 saturated heterocycles. The van der Waals surface area contributed by atoms with Crippen molar-refractivity contribution in [3.05, 3.63) is 27.3 Å². The normalized spacial score (nSPS) is 18.4. The molecule has 1 aliphatic rings. The highest BCUT2D eigenvalue weighted by Gasteiger charge is 2.23. The second-order valence-corrected chi connectivity index (χ2v) is 3.74. The number of nitrogens with two attached hydrogens (primary N) is 1. The Kier molecular flexibility index (Phi) is 2.43. The first-order valence-corrected chi connectivity index (χ1v) is 4.85. The average molecular weight is 242 g/mol. The number of aliphatic imine (C=N–C) groups is 1. The van der Waals surface area contributed by atoms with Gasteiger partial charge in [0, 0.05) is 12.1 Å². The zero-order valence-corrected chi connectivity index (χ0v) is 9.06. The number of nitrogens with zero attached hydrogens (tertiary/aromatic N) is 2. The van der Waals surface area contributed by atoms with Crippen LogP contribution in [-0.2, 0) is 0 Å². The highest BCUT2D eigenvalue weighted by molar-refractivity contribution is 6.32. The van der Waals surface area contributed by atoms with Crippen molar-refractivity contribution in [3.8, 4) is 5.75 Å². The monoisotopic (exact) mass is 241 g/mol. The van der Waals surface area contributed by atoms with Gasteiger partial charge in [0.25, 0.3) is 5.69 Å². The van der Waals surface area contributed by atoms with Gasteiger partial charge in [-0.3, -0.25) is 10.1 Å². The SMILES string of the molecule is CC1Oc2c(Cl)cc([N+](=O)[O-])cc2N=C1N. The number of nitro benzene ring substituents is 1. The number of fused-ring (bicyclic) bond motifs is 1. The lowest BCUT2D eigenvalue weighted by Crippen LogP contribution is -2.33. The molecule has 0 aromatic heterocycles. The molecule has 0 spiro atoms. The fourth-order valence-corrected chi connectivity index (χ4v) is 1.59. The number of benzene rings is 1. The Labute approximate surface area is 95.8 Å². The van der Waals surface area contributed by atoms with Crippen LogP contribution in [0.1, 0.15) is 6.92 Å². The molecule has 0 saturated carbocycles.